The number of aromatic nitrogens is 3. The largest absolute Gasteiger partial charge is 0.381 e. The Hall–Kier alpha value is -1.91. The van der Waals surface area contributed by atoms with Gasteiger partial charge in [-0.3, -0.25) is 0 Å². The third kappa shape index (κ3) is 1.67. The van der Waals surface area contributed by atoms with Gasteiger partial charge in [-0.1, -0.05) is 11.3 Å². The standard InChI is InChI=1S/C12H13FN4/c1-7-2-5-9(13)10(6-7)17-11(8-3-4-8)12(14)15-16-17/h2,5-6,8H,3-4,14H2,1H3. The quantitative estimate of drug-likeness (QED) is 0.863. The van der Waals surface area contributed by atoms with Crippen LogP contribution in [-0.2, 0) is 0 Å². The van der Waals surface area contributed by atoms with Gasteiger partial charge in [0.15, 0.2) is 5.82 Å². The summed E-state index contributed by atoms with van der Waals surface area (Å²) in [6, 6.07) is 4.93. The molecule has 0 atom stereocenters. The molecule has 17 heavy (non-hydrogen) atoms. The fraction of sp³-hybridized carbons (Fsp3) is 0.333. The predicted molar refractivity (Wildman–Crippen MR) is 62.4 cm³/mol. The van der Waals surface area contributed by atoms with Gasteiger partial charge in [0.25, 0.3) is 0 Å². The molecule has 2 aromatic rings. The number of anilines is 1. The van der Waals surface area contributed by atoms with Crippen LogP contribution in [-0.4, -0.2) is 15.0 Å². The van der Waals surface area contributed by atoms with Gasteiger partial charge in [-0.15, -0.1) is 5.10 Å². The summed E-state index contributed by atoms with van der Waals surface area (Å²) in [5.74, 6) is 0.487. The van der Waals surface area contributed by atoms with Crippen LogP contribution in [0.1, 0.15) is 30.0 Å². The highest BCUT2D eigenvalue weighted by molar-refractivity contribution is 5.46. The summed E-state index contributed by atoms with van der Waals surface area (Å²) >= 11 is 0. The van der Waals surface area contributed by atoms with Crippen LogP contribution < -0.4 is 5.73 Å². The Balaban J connectivity index is 2.17. The summed E-state index contributed by atoms with van der Waals surface area (Å²) in [7, 11) is 0. The molecule has 88 valence electrons. The minimum Gasteiger partial charge on any atom is -0.381 e. The van der Waals surface area contributed by atoms with Gasteiger partial charge < -0.3 is 5.73 Å². The van der Waals surface area contributed by atoms with E-state index in [1.165, 1.54) is 10.7 Å². The Morgan fingerprint density at radius 2 is 2.18 bits per heavy atom. The minimum absolute atomic E-state index is 0.303. The van der Waals surface area contributed by atoms with E-state index in [0.29, 0.717) is 17.4 Å². The lowest BCUT2D eigenvalue weighted by Gasteiger charge is -2.07. The van der Waals surface area contributed by atoms with Crippen molar-refractivity contribution >= 4 is 5.82 Å². The molecule has 1 aromatic heterocycles. The molecular formula is C12H13FN4. The van der Waals surface area contributed by atoms with Crippen LogP contribution in [0, 0.1) is 12.7 Å². The topological polar surface area (TPSA) is 56.7 Å². The molecule has 1 aliphatic rings. The number of nitrogen functional groups attached to an aromatic ring is 1. The van der Waals surface area contributed by atoms with Crippen molar-refractivity contribution in [3.63, 3.8) is 0 Å². The van der Waals surface area contributed by atoms with E-state index in [1.54, 1.807) is 12.1 Å². The molecule has 1 heterocycles. The van der Waals surface area contributed by atoms with E-state index in [9.17, 15) is 4.39 Å². The highest BCUT2D eigenvalue weighted by Crippen LogP contribution is 2.42. The summed E-state index contributed by atoms with van der Waals surface area (Å²) in [5, 5.41) is 7.80. The molecule has 0 spiro atoms. The Morgan fingerprint density at radius 3 is 2.88 bits per heavy atom. The second-order valence-electron chi connectivity index (χ2n) is 4.50. The molecule has 2 N–H and O–H groups in total. The van der Waals surface area contributed by atoms with Crippen LogP contribution in [0.25, 0.3) is 5.69 Å². The van der Waals surface area contributed by atoms with Crippen molar-refractivity contribution in [1.29, 1.82) is 0 Å². The minimum atomic E-state index is -0.303. The number of hydrogen-bond acceptors (Lipinski definition) is 3. The second kappa shape index (κ2) is 3.55. The van der Waals surface area contributed by atoms with E-state index < -0.39 is 0 Å². The number of rotatable bonds is 2. The zero-order valence-corrected chi connectivity index (χ0v) is 9.52. The van der Waals surface area contributed by atoms with Crippen molar-refractivity contribution in [2.45, 2.75) is 25.7 Å². The molecule has 3 rings (SSSR count). The number of nitrogens with two attached hydrogens (primary N) is 1. The third-order valence-electron chi connectivity index (χ3n) is 3.03. The Morgan fingerprint density at radius 1 is 1.41 bits per heavy atom. The molecule has 0 saturated heterocycles. The maximum Gasteiger partial charge on any atom is 0.169 e. The first-order chi connectivity index (χ1) is 8.16. The van der Waals surface area contributed by atoms with Gasteiger partial charge in [-0.25, -0.2) is 9.07 Å². The lowest BCUT2D eigenvalue weighted by Crippen LogP contribution is -2.05. The van der Waals surface area contributed by atoms with Gasteiger partial charge in [0, 0.05) is 5.92 Å². The van der Waals surface area contributed by atoms with Crippen LogP contribution >= 0.6 is 0 Å². The first-order valence-electron chi connectivity index (χ1n) is 5.64. The monoisotopic (exact) mass is 232 g/mol. The third-order valence-corrected chi connectivity index (χ3v) is 3.03. The van der Waals surface area contributed by atoms with E-state index >= 15 is 0 Å². The van der Waals surface area contributed by atoms with Crippen molar-refractivity contribution in [3.05, 3.63) is 35.3 Å². The normalized spacial score (nSPS) is 15.2. The van der Waals surface area contributed by atoms with Gasteiger partial charge in [-0.05, 0) is 37.5 Å². The molecule has 0 radical (unpaired) electrons. The van der Waals surface area contributed by atoms with Crippen molar-refractivity contribution < 1.29 is 4.39 Å². The fourth-order valence-corrected chi connectivity index (χ4v) is 2.00. The number of hydrogen-bond donors (Lipinski definition) is 1. The highest BCUT2D eigenvalue weighted by atomic mass is 19.1. The highest BCUT2D eigenvalue weighted by Gasteiger charge is 2.31. The summed E-state index contributed by atoms with van der Waals surface area (Å²) in [6.45, 7) is 1.92. The van der Waals surface area contributed by atoms with E-state index in [-0.39, 0.29) is 5.82 Å². The fourth-order valence-electron chi connectivity index (χ4n) is 2.00. The maximum absolute atomic E-state index is 13.8. The van der Waals surface area contributed by atoms with Gasteiger partial charge in [0.1, 0.15) is 11.5 Å². The number of nitrogens with zero attached hydrogens (tertiary/aromatic N) is 3. The van der Waals surface area contributed by atoms with E-state index in [4.69, 9.17) is 5.73 Å². The molecule has 0 aliphatic heterocycles. The van der Waals surface area contributed by atoms with Crippen molar-refractivity contribution in [2.75, 3.05) is 5.73 Å². The van der Waals surface area contributed by atoms with Gasteiger partial charge in [0.05, 0.1) is 5.69 Å². The van der Waals surface area contributed by atoms with E-state index in [2.05, 4.69) is 10.3 Å². The SMILES string of the molecule is Cc1ccc(F)c(-n2nnc(N)c2C2CC2)c1. The molecule has 1 aliphatic carbocycles. The number of benzene rings is 1. The Labute approximate surface area is 98.2 Å². The summed E-state index contributed by atoms with van der Waals surface area (Å²) < 4.78 is 15.3. The van der Waals surface area contributed by atoms with Crippen molar-refractivity contribution in [3.8, 4) is 5.69 Å². The number of halogens is 1. The van der Waals surface area contributed by atoms with Crippen LogP contribution in [0.3, 0.4) is 0 Å². The summed E-state index contributed by atoms with van der Waals surface area (Å²) in [4.78, 5) is 0. The number of aryl methyl sites for hydroxylation is 1. The van der Waals surface area contributed by atoms with Gasteiger partial charge >= 0.3 is 0 Å². The molecule has 1 aromatic carbocycles. The van der Waals surface area contributed by atoms with Crippen LogP contribution in [0.4, 0.5) is 10.2 Å². The molecule has 1 saturated carbocycles. The average Bonchev–Trinajstić information content (AvgIpc) is 3.06. The second-order valence-corrected chi connectivity index (χ2v) is 4.50. The zero-order valence-electron chi connectivity index (χ0n) is 9.52. The van der Waals surface area contributed by atoms with Gasteiger partial charge in [0.2, 0.25) is 0 Å². The molecule has 5 heteroatoms. The molecule has 0 amide bonds. The predicted octanol–water partition coefficient (Wildman–Crippen LogP) is 2.17. The lowest BCUT2D eigenvalue weighted by molar-refractivity contribution is 0.602. The van der Waals surface area contributed by atoms with E-state index in [1.807, 2.05) is 6.92 Å². The first-order valence-corrected chi connectivity index (χ1v) is 5.64. The molecule has 0 unspecified atom stereocenters. The zero-order chi connectivity index (χ0) is 12.0. The lowest BCUT2D eigenvalue weighted by atomic mass is 10.2. The molecule has 4 nitrogen and oxygen atoms in total. The average molecular weight is 232 g/mol. The molecule has 1 fully saturated rings. The molecular weight excluding hydrogens is 219 g/mol. The van der Waals surface area contributed by atoms with Crippen molar-refractivity contribution in [1.82, 2.24) is 15.0 Å². The van der Waals surface area contributed by atoms with Crippen LogP contribution in [0.5, 0.6) is 0 Å². The van der Waals surface area contributed by atoms with E-state index in [0.717, 1.165) is 24.1 Å². The first kappa shape index (κ1) is 10.3. The maximum atomic E-state index is 13.8. The Kier molecular flexibility index (Phi) is 2.14. The van der Waals surface area contributed by atoms with Crippen molar-refractivity contribution in [2.24, 2.45) is 0 Å². The summed E-state index contributed by atoms with van der Waals surface area (Å²) in [6.07, 6.45) is 2.15. The van der Waals surface area contributed by atoms with Gasteiger partial charge in [-0.2, -0.15) is 0 Å². The molecule has 0 bridgehead atoms. The van der Waals surface area contributed by atoms with Crippen LogP contribution in [0.2, 0.25) is 0 Å². The van der Waals surface area contributed by atoms with Crippen LogP contribution in [0.15, 0.2) is 18.2 Å². The Bertz CT molecular complexity index is 572. The summed E-state index contributed by atoms with van der Waals surface area (Å²) in [5.41, 5.74) is 8.04. The smallest absolute Gasteiger partial charge is 0.169 e.